The smallest absolute Gasteiger partial charge is 0.0500 e. The molecule has 130 valence electrons. The van der Waals surface area contributed by atoms with Gasteiger partial charge in [0.2, 0.25) is 0 Å². The van der Waals surface area contributed by atoms with Crippen molar-refractivity contribution in [2.45, 2.75) is 45.2 Å². The van der Waals surface area contributed by atoms with Crippen molar-refractivity contribution in [2.24, 2.45) is 5.41 Å². The second-order valence-corrected chi connectivity index (χ2v) is 13.7. The fourth-order valence-corrected chi connectivity index (χ4v) is 6.43. The maximum Gasteiger partial charge on any atom is 0.0500 e. The molecule has 0 aliphatic rings. The van der Waals surface area contributed by atoms with Crippen LogP contribution in [-0.2, 0) is 6.54 Å². The van der Waals surface area contributed by atoms with E-state index in [0.29, 0.717) is 0 Å². The minimum atomic E-state index is -1.32. The SMILES string of the molecule is CC(CO)(C[Si](C)(C)C)C(NCc1ccccc1)c1ccccc1. The molecule has 2 nitrogen and oxygen atoms in total. The zero-order valence-electron chi connectivity index (χ0n) is 15.4. The van der Waals surface area contributed by atoms with Crippen LogP contribution < -0.4 is 5.32 Å². The number of nitrogens with one attached hydrogen (secondary N) is 1. The predicted octanol–water partition coefficient (Wildman–Crippen LogP) is 4.85. The monoisotopic (exact) mass is 341 g/mol. The van der Waals surface area contributed by atoms with Gasteiger partial charge in [0, 0.05) is 32.7 Å². The second kappa shape index (κ2) is 8.10. The molecule has 0 radical (unpaired) electrons. The number of benzene rings is 2. The lowest BCUT2D eigenvalue weighted by atomic mass is 9.80. The molecule has 0 aliphatic heterocycles. The van der Waals surface area contributed by atoms with Crippen molar-refractivity contribution in [3.8, 4) is 0 Å². The molecule has 2 rings (SSSR count). The van der Waals surface area contributed by atoms with Crippen molar-refractivity contribution in [1.29, 1.82) is 0 Å². The van der Waals surface area contributed by atoms with E-state index in [0.717, 1.165) is 12.6 Å². The van der Waals surface area contributed by atoms with Gasteiger partial charge in [0.25, 0.3) is 0 Å². The van der Waals surface area contributed by atoms with Crippen LogP contribution in [0, 0.1) is 5.41 Å². The predicted molar refractivity (Wildman–Crippen MR) is 106 cm³/mol. The molecule has 0 fully saturated rings. The molecular formula is C21H31NOSi. The zero-order valence-corrected chi connectivity index (χ0v) is 16.4. The summed E-state index contributed by atoms with van der Waals surface area (Å²) in [6.45, 7) is 10.3. The van der Waals surface area contributed by atoms with Gasteiger partial charge in [-0.25, -0.2) is 0 Å². The molecule has 2 atom stereocenters. The molecule has 0 aliphatic carbocycles. The lowest BCUT2D eigenvalue weighted by molar-refractivity contribution is 0.113. The molecule has 0 bridgehead atoms. The van der Waals surface area contributed by atoms with Gasteiger partial charge >= 0.3 is 0 Å². The average Bonchev–Trinajstić information content (AvgIpc) is 2.55. The average molecular weight is 342 g/mol. The Hall–Kier alpha value is -1.42. The van der Waals surface area contributed by atoms with Crippen LogP contribution >= 0.6 is 0 Å². The Kier molecular flexibility index (Phi) is 6.38. The van der Waals surface area contributed by atoms with Crippen molar-refractivity contribution in [3.63, 3.8) is 0 Å². The first kappa shape index (κ1) is 18.9. The fraction of sp³-hybridized carbons (Fsp3) is 0.429. The number of aliphatic hydroxyl groups is 1. The van der Waals surface area contributed by atoms with Crippen LogP contribution in [0.1, 0.15) is 24.1 Å². The third-order valence-electron chi connectivity index (χ3n) is 4.48. The van der Waals surface area contributed by atoms with Gasteiger partial charge in [-0.05, 0) is 17.2 Å². The van der Waals surface area contributed by atoms with E-state index in [9.17, 15) is 5.11 Å². The van der Waals surface area contributed by atoms with Crippen molar-refractivity contribution in [1.82, 2.24) is 5.32 Å². The number of hydrogen-bond acceptors (Lipinski definition) is 2. The molecule has 3 heteroatoms. The van der Waals surface area contributed by atoms with Gasteiger partial charge in [0.1, 0.15) is 0 Å². The molecule has 0 saturated heterocycles. The Morgan fingerprint density at radius 3 is 2.00 bits per heavy atom. The van der Waals surface area contributed by atoms with Crippen molar-refractivity contribution >= 4 is 8.07 Å². The Morgan fingerprint density at radius 1 is 0.958 bits per heavy atom. The standard InChI is InChI=1S/C21H31NOSi/c1-21(16-23,17-24(2,3)4)20(19-13-9-6-10-14-19)22-15-18-11-7-5-8-12-18/h5-14,20,22-23H,15-17H2,1-4H3. The first-order chi connectivity index (χ1) is 11.3. The van der Waals surface area contributed by atoms with E-state index in [1.165, 1.54) is 11.1 Å². The molecule has 2 unspecified atom stereocenters. The van der Waals surface area contributed by atoms with Crippen LogP contribution in [0.4, 0.5) is 0 Å². The highest BCUT2D eigenvalue weighted by atomic mass is 28.3. The van der Waals surface area contributed by atoms with E-state index in [1.807, 2.05) is 12.1 Å². The molecule has 24 heavy (non-hydrogen) atoms. The number of hydrogen-bond donors (Lipinski definition) is 2. The third-order valence-corrected chi connectivity index (χ3v) is 6.35. The van der Waals surface area contributed by atoms with Gasteiger partial charge in [-0.1, -0.05) is 87.2 Å². The van der Waals surface area contributed by atoms with E-state index < -0.39 is 8.07 Å². The van der Waals surface area contributed by atoms with E-state index in [-0.39, 0.29) is 18.1 Å². The van der Waals surface area contributed by atoms with Crippen LogP contribution in [0.15, 0.2) is 60.7 Å². The number of aliphatic hydroxyl groups excluding tert-OH is 1. The molecule has 0 saturated carbocycles. The second-order valence-electron chi connectivity index (χ2n) is 8.26. The molecule has 2 aromatic rings. The van der Waals surface area contributed by atoms with Crippen LogP contribution in [-0.4, -0.2) is 19.8 Å². The third kappa shape index (κ3) is 5.30. The van der Waals surface area contributed by atoms with Gasteiger partial charge in [-0.3, -0.25) is 0 Å². The summed E-state index contributed by atoms with van der Waals surface area (Å²) >= 11 is 0. The summed E-state index contributed by atoms with van der Waals surface area (Å²) in [5.74, 6) is 0. The van der Waals surface area contributed by atoms with E-state index >= 15 is 0 Å². The highest BCUT2D eigenvalue weighted by Gasteiger charge is 2.38. The van der Waals surface area contributed by atoms with Crippen LogP contribution in [0.5, 0.6) is 0 Å². The van der Waals surface area contributed by atoms with Crippen molar-refractivity contribution in [3.05, 3.63) is 71.8 Å². The topological polar surface area (TPSA) is 32.3 Å². The highest BCUT2D eigenvalue weighted by molar-refractivity contribution is 6.76. The molecule has 2 aromatic carbocycles. The van der Waals surface area contributed by atoms with Gasteiger partial charge in [-0.15, -0.1) is 0 Å². The highest BCUT2D eigenvalue weighted by Crippen LogP contribution is 2.40. The van der Waals surface area contributed by atoms with Crippen LogP contribution in [0.3, 0.4) is 0 Å². The van der Waals surface area contributed by atoms with Gasteiger partial charge in [0.05, 0.1) is 0 Å². The summed E-state index contributed by atoms with van der Waals surface area (Å²) < 4.78 is 0. The summed E-state index contributed by atoms with van der Waals surface area (Å²) in [6.07, 6.45) is 0. The van der Waals surface area contributed by atoms with Crippen LogP contribution in [0.25, 0.3) is 0 Å². The number of rotatable bonds is 8. The molecule has 0 spiro atoms. The van der Waals surface area contributed by atoms with E-state index in [2.05, 4.69) is 80.4 Å². The molecule has 0 aromatic heterocycles. The van der Waals surface area contributed by atoms with Crippen molar-refractivity contribution in [2.75, 3.05) is 6.61 Å². The Morgan fingerprint density at radius 2 is 1.50 bits per heavy atom. The summed E-state index contributed by atoms with van der Waals surface area (Å²) in [4.78, 5) is 0. The summed E-state index contributed by atoms with van der Waals surface area (Å²) in [6, 6.07) is 22.2. The maximum absolute atomic E-state index is 10.3. The summed E-state index contributed by atoms with van der Waals surface area (Å²) in [5.41, 5.74) is 2.36. The lowest BCUT2D eigenvalue weighted by Crippen LogP contribution is -2.43. The van der Waals surface area contributed by atoms with Gasteiger partial charge < -0.3 is 10.4 Å². The first-order valence-corrected chi connectivity index (χ1v) is 12.5. The fourth-order valence-electron chi connectivity index (χ4n) is 3.69. The minimum absolute atomic E-state index is 0.135. The Labute approximate surface area is 147 Å². The zero-order chi connectivity index (χ0) is 17.6. The molecule has 2 N–H and O–H groups in total. The van der Waals surface area contributed by atoms with Crippen LogP contribution in [0.2, 0.25) is 25.7 Å². The van der Waals surface area contributed by atoms with Gasteiger partial charge in [0.15, 0.2) is 0 Å². The first-order valence-electron chi connectivity index (χ1n) is 8.77. The summed E-state index contributed by atoms with van der Waals surface area (Å²) in [5, 5.41) is 14.0. The molecule has 0 amide bonds. The maximum atomic E-state index is 10.3. The largest absolute Gasteiger partial charge is 0.396 e. The normalized spacial score (nSPS) is 15.7. The Balaban J connectivity index is 2.28. The van der Waals surface area contributed by atoms with E-state index in [1.54, 1.807) is 0 Å². The van der Waals surface area contributed by atoms with Gasteiger partial charge in [-0.2, -0.15) is 0 Å². The van der Waals surface area contributed by atoms with E-state index in [4.69, 9.17) is 0 Å². The minimum Gasteiger partial charge on any atom is -0.396 e. The lowest BCUT2D eigenvalue weighted by Gasteiger charge is -2.41. The summed E-state index contributed by atoms with van der Waals surface area (Å²) in [7, 11) is -1.32. The molecular weight excluding hydrogens is 310 g/mol. The molecule has 0 heterocycles. The quantitative estimate of drug-likeness (QED) is 0.672. The van der Waals surface area contributed by atoms with Crippen molar-refractivity contribution < 1.29 is 5.11 Å². The Bertz CT molecular complexity index is 609.